The maximum Gasteiger partial charge on any atom is 0.287 e. The van der Waals surface area contributed by atoms with E-state index in [1.54, 1.807) is 0 Å². The zero-order valence-corrected chi connectivity index (χ0v) is 16.1. The number of halogens is 1. The first-order valence-corrected chi connectivity index (χ1v) is 8.95. The van der Waals surface area contributed by atoms with Gasteiger partial charge in [0.15, 0.2) is 5.76 Å². The highest BCUT2D eigenvalue weighted by Gasteiger charge is 2.20. The molecular formula is C20H21BrN2O2. The van der Waals surface area contributed by atoms with Crippen LogP contribution in [0.15, 0.2) is 57.4 Å². The third kappa shape index (κ3) is 3.78. The van der Waals surface area contributed by atoms with Crippen molar-refractivity contribution in [1.82, 2.24) is 10.2 Å². The first-order valence-electron chi connectivity index (χ1n) is 8.15. The first-order chi connectivity index (χ1) is 12.0. The van der Waals surface area contributed by atoms with Crippen LogP contribution in [0, 0.1) is 6.92 Å². The van der Waals surface area contributed by atoms with E-state index in [9.17, 15) is 4.79 Å². The van der Waals surface area contributed by atoms with E-state index in [2.05, 4.69) is 38.3 Å². The van der Waals surface area contributed by atoms with Crippen molar-refractivity contribution in [3.63, 3.8) is 0 Å². The van der Waals surface area contributed by atoms with E-state index in [1.165, 1.54) is 0 Å². The number of hydrogen-bond acceptors (Lipinski definition) is 3. The van der Waals surface area contributed by atoms with E-state index in [0.29, 0.717) is 12.3 Å². The van der Waals surface area contributed by atoms with Crippen LogP contribution in [0.3, 0.4) is 0 Å². The Morgan fingerprint density at radius 1 is 1.20 bits per heavy atom. The smallest absolute Gasteiger partial charge is 0.287 e. The van der Waals surface area contributed by atoms with Crippen LogP contribution < -0.4 is 5.32 Å². The van der Waals surface area contributed by atoms with Gasteiger partial charge in [-0.25, -0.2) is 0 Å². The number of nitrogens with one attached hydrogen (secondary N) is 1. The average Bonchev–Trinajstić information content (AvgIpc) is 2.92. The van der Waals surface area contributed by atoms with Crippen LogP contribution in [0.5, 0.6) is 0 Å². The van der Waals surface area contributed by atoms with E-state index >= 15 is 0 Å². The molecule has 1 amide bonds. The molecule has 1 atom stereocenters. The lowest BCUT2D eigenvalue weighted by Gasteiger charge is -2.25. The highest BCUT2D eigenvalue weighted by molar-refractivity contribution is 9.10. The second-order valence-electron chi connectivity index (χ2n) is 6.30. The van der Waals surface area contributed by atoms with E-state index in [0.717, 1.165) is 26.6 Å². The fourth-order valence-electron chi connectivity index (χ4n) is 2.95. The molecule has 2 aromatic carbocycles. The summed E-state index contributed by atoms with van der Waals surface area (Å²) in [6.07, 6.45) is 0. The highest BCUT2D eigenvalue weighted by Crippen LogP contribution is 2.28. The lowest BCUT2D eigenvalue weighted by Crippen LogP contribution is -2.34. The molecule has 4 nitrogen and oxygen atoms in total. The van der Waals surface area contributed by atoms with Gasteiger partial charge in [-0.1, -0.05) is 46.3 Å². The van der Waals surface area contributed by atoms with E-state index in [-0.39, 0.29) is 11.9 Å². The van der Waals surface area contributed by atoms with Crippen LogP contribution in [0.25, 0.3) is 11.0 Å². The lowest BCUT2D eigenvalue weighted by molar-refractivity contribution is 0.0915. The third-order valence-electron chi connectivity index (χ3n) is 4.37. The molecule has 0 bridgehead atoms. The Labute approximate surface area is 155 Å². The first kappa shape index (κ1) is 17.7. The van der Waals surface area contributed by atoms with Crippen molar-refractivity contribution in [1.29, 1.82) is 0 Å². The number of amides is 1. The number of furan rings is 1. The van der Waals surface area contributed by atoms with Gasteiger partial charge in [-0.3, -0.25) is 4.79 Å². The largest absolute Gasteiger partial charge is 0.451 e. The number of hydrogen-bond donors (Lipinski definition) is 1. The lowest BCUT2D eigenvalue weighted by atomic mass is 10.1. The number of fused-ring (bicyclic) bond motifs is 1. The molecule has 0 aliphatic heterocycles. The molecule has 0 aliphatic rings. The zero-order valence-electron chi connectivity index (χ0n) is 14.5. The molecule has 1 heterocycles. The molecule has 0 aliphatic carbocycles. The van der Waals surface area contributed by atoms with Crippen LogP contribution >= 0.6 is 15.9 Å². The maximum atomic E-state index is 12.6. The van der Waals surface area contributed by atoms with Gasteiger partial charge in [0.1, 0.15) is 5.58 Å². The fourth-order valence-corrected chi connectivity index (χ4v) is 3.31. The van der Waals surface area contributed by atoms with Gasteiger partial charge in [0, 0.05) is 22.0 Å². The summed E-state index contributed by atoms with van der Waals surface area (Å²) in [5.74, 6) is 0.186. The summed E-state index contributed by atoms with van der Waals surface area (Å²) in [5.41, 5.74) is 2.74. The Kier molecular flexibility index (Phi) is 5.25. The second kappa shape index (κ2) is 7.42. The number of likely N-dealkylation sites (N-methyl/N-ethyl adjacent to an activating group) is 1. The Hall–Kier alpha value is -2.11. The minimum atomic E-state index is -0.187. The van der Waals surface area contributed by atoms with Crippen molar-refractivity contribution in [2.75, 3.05) is 20.6 Å². The predicted molar refractivity (Wildman–Crippen MR) is 104 cm³/mol. The molecule has 0 spiro atoms. The minimum Gasteiger partial charge on any atom is -0.451 e. The zero-order chi connectivity index (χ0) is 18.0. The predicted octanol–water partition coefficient (Wildman–Crippen LogP) is 4.54. The summed E-state index contributed by atoms with van der Waals surface area (Å²) >= 11 is 3.46. The van der Waals surface area contributed by atoms with E-state index < -0.39 is 0 Å². The molecular weight excluding hydrogens is 380 g/mol. The van der Waals surface area contributed by atoms with Gasteiger partial charge in [0.05, 0.1) is 6.04 Å². The molecule has 1 N–H and O–H groups in total. The topological polar surface area (TPSA) is 45.5 Å². The van der Waals surface area contributed by atoms with Crippen molar-refractivity contribution >= 4 is 32.8 Å². The average molecular weight is 401 g/mol. The number of carbonyl (C=O) groups excluding carboxylic acids is 1. The van der Waals surface area contributed by atoms with Gasteiger partial charge < -0.3 is 14.6 Å². The highest BCUT2D eigenvalue weighted by atomic mass is 79.9. The third-order valence-corrected chi connectivity index (χ3v) is 4.86. The van der Waals surface area contributed by atoms with Crippen molar-refractivity contribution < 1.29 is 9.21 Å². The standard InChI is InChI=1S/C20H21BrN2O2/c1-13-16-11-15(21)9-10-18(16)25-19(13)20(24)22-12-17(23(2)3)14-7-5-4-6-8-14/h4-11,17H,12H2,1-3H3,(H,22,24). The quantitative estimate of drug-likeness (QED) is 0.683. The molecule has 0 saturated heterocycles. The fraction of sp³-hybridized carbons (Fsp3) is 0.250. The van der Waals surface area contributed by atoms with Crippen LogP contribution in [-0.2, 0) is 0 Å². The van der Waals surface area contributed by atoms with E-state index in [4.69, 9.17) is 4.42 Å². The van der Waals surface area contributed by atoms with Gasteiger partial charge in [0.25, 0.3) is 5.91 Å². The number of nitrogens with zero attached hydrogens (tertiary/aromatic N) is 1. The van der Waals surface area contributed by atoms with Crippen molar-refractivity contribution in [2.45, 2.75) is 13.0 Å². The Bertz CT molecular complexity index is 887. The summed E-state index contributed by atoms with van der Waals surface area (Å²) in [5, 5.41) is 3.96. The summed E-state index contributed by atoms with van der Waals surface area (Å²) in [6, 6.07) is 16.0. The SMILES string of the molecule is Cc1c(C(=O)NCC(c2ccccc2)N(C)C)oc2ccc(Br)cc12. The number of aryl methyl sites for hydroxylation is 1. The molecule has 3 aromatic rings. The number of rotatable bonds is 5. The van der Waals surface area contributed by atoms with E-state index in [1.807, 2.05) is 57.4 Å². The Balaban J connectivity index is 1.79. The monoisotopic (exact) mass is 400 g/mol. The van der Waals surface area contributed by atoms with Crippen LogP contribution in [0.4, 0.5) is 0 Å². The maximum absolute atomic E-state index is 12.6. The van der Waals surface area contributed by atoms with Crippen LogP contribution in [0.2, 0.25) is 0 Å². The number of carbonyl (C=O) groups is 1. The summed E-state index contributed by atoms with van der Waals surface area (Å²) in [7, 11) is 4.02. The molecule has 130 valence electrons. The summed E-state index contributed by atoms with van der Waals surface area (Å²) in [4.78, 5) is 14.7. The molecule has 1 aromatic heterocycles. The molecule has 0 saturated carbocycles. The molecule has 5 heteroatoms. The van der Waals surface area contributed by atoms with Crippen LogP contribution in [0.1, 0.15) is 27.7 Å². The van der Waals surface area contributed by atoms with Gasteiger partial charge >= 0.3 is 0 Å². The molecule has 0 fully saturated rings. The molecule has 3 rings (SSSR count). The number of benzene rings is 2. The minimum absolute atomic E-state index is 0.101. The summed E-state index contributed by atoms with van der Waals surface area (Å²) < 4.78 is 6.73. The van der Waals surface area contributed by atoms with Crippen molar-refractivity contribution in [3.8, 4) is 0 Å². The molecule has 0 radical (unpaired) electrons. The van der Waals surface area contributed by atoms with Gasteiger partial charge in [-0.2, -0.15) is 0 Å². The second-order valence-corrected chi connectivity index (χ2v) is 7.21. The molecule has 25 heavy (non-hydrogen) atoms. The van der Waals surface area contributed by atoms with Crippen molar-refractivity contribution in [2.24, 2.45) is 0 Å². The normalized spacial score (nSPS) is 12.5. The molecule has 1 unspecified atom stereocenters. The summed E-state index contributed by atoms with van der Waals surface area (Å²) in [6.45, 7) is 2.42. The van der Waals surface area contributed by atoms with Gasteiger partial charge in [-0.05, 0) is 44.8 Å². The van der Waals surface area contributed by atoms with Crippen molar-refractivity contribution in [3.05, 3.63) is 69.9 Å². The van der Waals surface area contributed by atoms with Gasteiger partial charge in [-0.15, -0.1) is 0 Å². The Morgan fingerprint density at radius 3 is 2.60 bits per heavy atom. The Morgan fingerprint density at radius 2 is 1.92 bits per heavy atom. The van der Waals surface area contributed by atoms with Gasteiger partial charge in [0.2, 0.25) is 0 Å². The van der Waals surface area contributed by atoms with Crippen LogP contribution in [-0.4, -0.2) is 31.4 Å².